The molecule has 0 aliphatic rings. The summed E-state index contributed by atoms with van der Waals surface area (Å²) in [6, 6.07) is 164. The van der Waals surface area contributed by atoms with Crippen LogP contribution in [0.15, 0.2) is 461 Å². The van der Waals surface area contributed by atoms with E-state index in [-0.39, 0.29) is 0 Å². The molecule has 0 N–H and O–H groups in total. The fourth-order valence-corrected chi connectivity index (χ4v) is 19.5. The zero-order valence-corrected chi connectivity index (χ0v) is 72.6. The van der Waals surface area contributed by atoms with Gasteiger partial charge in [-0.3, -0.25) is 0 Å². The number of aromatic nitrogens is 6. The van der Waals surface area contributed by atoms with Gasteiger partial charge < -0.3 is 27.4 Å². The Hall–Kier alpha value is -16.3. The van der Waals surface area contributed by atoms with Crippen LogP contribution in [0.25, 0.3) is 187 Å². The van der Waals surface area contributed by atoms with Gasteiger partial charge in [-0.05, 0) is 214 Å². The van der Waals surface area contributed by atoms with Crippen LogP contribution in [0.3, 0.4) is 0 Å². The standard InChI is InChI=1S/2C23H17N.4C19H15N/c1-16-13-14-23-20(15-16)19-10-4-5-11-22(19)24(23)21-12-6-8-17-7-2-3-9-18(17)21;1-16-13-14-20-19-10-4-5-11-22(19)24(23(20)15-16)21-12-6-8-17-7-2-3-9-18(17)21;1-14-8-7-12-17-16-11-5-6-13-18(16)20(19(14)17)15-9-3-2-4-10-15;1-14-8-7-13-18-19(14)16-11-5-6-12-17(16)20(18)15-9-3-2-4-10-15;1-14-11-12-19-17(13-14)16-9-5-6-10-18(16)20(19)15-7-3-2-4-8-15;1-14-11-12-17-16-9-5-6-10-18(16)20(19(17)13-14)15-7-3-2-4-8-15/h2*2-15H,1H3;4*2-13H,1H3. The molecule has 26 aromatic rings. The first-order valence-electron chi connectivity index (χ1n) is 44.2. The summed E-state index contributed by atoms with van der Waals surface area (Å²) in [4.78, 5) is 0. The first-order chi connectivity index (χ1) is 63.1. The molecule has 0 bridgehead atoms. The molecular formula is C122H94N6. The maximum Gasteiger partial charge on any atom is 0.0570 e. The van der Waals surface area contributed by atoms with Crippen LogP contribution < -0.4 is 0 Å². The smallest absolute Gasteiger partial charge is 0.0570 e. The van der Waals surface area contributed by atoms with Gasteiger partial charge in [-0.15, -0.1) is 0 Å². The van der Waals surface area contributed by atoms with Crippen LogP contribution in [-0.2, 0) is 0 Å². The highest BCUT2D eigenvalue weighted by molar-refractivity contribution is 6.16. The van der Waals surface area contributed by atoms with Crippen LogP contribution in [0.4, 0.5) is 0 Å². The van der Waals surface area contributed by atoms with Gasteiger partial charge in [0, 0.05) is 98.2 Å². The highest BCUT2D eigenvalue weighted by atomic mass is 15.0. The Morgan fingerprint density at radius 3 is 0.859 bits per heavy atom. The Kier molecular flexibility index (Phi) is 21.0. The first-order valence-corrected chi connectivity index (χ1v) is 44.2. The predicted molar refractivity (Wildman–Crippen MR) is 548 cm³/mol. The normalized spacial score (nSPS) is 11.4. The lowest BCUT2D eigenvalue weighted by atomic mass is 10.1. The molecule has 20 aromatic carbocycles. The van der Waals surface area contributed by atoms with E-state index in [2.05, 4.69) is 530 Å². The van der Waals surface area contributed by atoms with Gasteiger partial charge in [0.15, 0.2) is 0 Å². The van der Waals surface area contributed by atoms with Crippen molar-refractivity contribution in [3.63, 3.8) is 0 Å². The lowest BCUT2D eigenvalue weighted by molar-refractivity contribution is 1.17. The maximum absolute atomic E-state index is 2.40. The second kappa shape index (κ2) is 34.1. The highest BCUT2D eigenvalue weighted by Crippen LogP contribution is 2.42. The Balaban J connectivity index is 0.0000000935. The van der Waals surface area contributed by atoms with E-state index in [1.165, 1.54) is 220 Å². The van der Waals surface area contributed by atoms with E-state index in [0.29, 0.717) is 0 Å². The molecule has 6 aromatic heterocycles. The van der Waals surface area contributed by atoms with Gasteiger partial charge in [0.1, 0.15) is 0 Å². The minimum absolute atomic E-state index is 1.21. The zero-order valence-electron chi connectivity index (χ0n) is 72.6. The van der Waals surface area contributed by atoms with E-state index in [1.54, 1.807) is 0 Å². The number of hydrogen-bond acceptors (Lipinski definition) is 0. The van der Waals surface area contributed by atoms with Crippen LogP contribution in [0, 0.1) is 41.5 Å². The molecule has 0 radical (unpaired) electrons. The Labute approximate surface area is 744 Å². The van der Waals surface area contributed by atoms with Gasteiger partial charge in [-0.1, -0.05) is 333 Å². The van der Waals surface area contributed by atoms with E-state index in [0.717, 1.165) is 0 Å². The van der Waals surface area contributed by atoms with Crippen LogP contribution in [0.1, 0.15) is 33.4 Å². The molecule has 612 valence electrons. The minimum atomic E-state index is 1.21. The molecule has 0 saturated heterocycles. The van der Waals surface area contributed by atoms with E-state index < -0.39 is 0 Å². The summed E-state index contributed by atoms with van der Waals surface area (Å²) in [7, 11) is 0. The van der Waals surface area contributed by atoms with Gasteiger partial charge in [0.05, 0.1) is 77.6 Å². The highest BCUT2D eigenvalue weighted by Gasteiger charge is 2.20. The minimum Gasteiger partial charge on any atom is -0.309 e. The van der Waals surface area contributed by atoms with Crippen molar-refractivity contribution < 1.29 is 0 Å². The van der Waals surface area contributed by atoms with Crippen LogP contribution in [0.2, 0.25) is 0 Å². The maximum atomic E-state index is 2.40. The average Bonchev–Trinajstić information content (AvgIpc) is 1.61. The van der Waals surface area contributed by atoms with Gasteiger partial charge in [0.25, 0.3) is 0 Å². The molecule has 26 rings (SSSR count). The molecule has 0 amide bonds. The van der Waals surface area contributed by atoms with Crippen molar-refractivity contribution in [1.29, 1.82) is 0 Å². The molecule has 0 unspecified atom stereocenters. The topological polar surface area (TPSA) is 29.6 Å². The number of para-hydroxylation sites is 11. The fourth-order valence-electron chi connectivity index (χ4n) is 19.5. The quantitative estimate of drug-likeness (QED) is 0.159. The summed E-state index contributed by atoms with van der Waals surface area (Å²) in [5.41, 5.74) is 30.4. The lowest BCUT2D eigenvalue weighted by Crippen LogP contribution is -1.95. The molecule has 6 heterocycles. The largest absolute Gasteiger partial charge is 0.309 e. The van der Waals surface area contributed by atoms with E-state index in [1.807, 2.05) is 0 Å². The lowest BCUT2D eigenvalue weighted by Gasteiger charge is -2.11. The number of benzene rings is 20. The zero-order chi connectivity index (χ0) is 86.3. The first kappa shape index (κ1) is 78.9. The molecule has 0 atom stereocenters. The second-order valence-electron chi connectivity index (χ2n) is 33.5. The van der Waals surface area contributed by atoms with E-state index in [4.69, 9.17) is 0 Å². The number of fused-ring (bicyclic) bond motifs is 20. The Bertz CT molecular complexity index is 8550. The monoisotopic (exact) mass is 1640 g/mol. The predicted octanol–water partition coefficient (Wildman–Crippen LogP) is 32.9. The van der Waals surface area contributed by atoms with Gasteiger partial charge in [-0.25, -0.2) is 0 Å². The van der Waals surface area contributed by atoms with Crippen molar-refractivity contribution in [2.45, 2.75) is 41.5 Å². The van der Waals surface area contributed by atoms with Crippen molar-refractivity contribution in [3.05, 3.63) is 494 Å². The van der Waals surface area contributed by atoms with Crippen LogP contribution in [0.5, 0.6) is 0 Å². The number of nitrogens with zero attached hydrogens (tertiary/aromatic N) is 6. The molecule has 6 heteroatoms. The molecule has 6 nitrogen and oxygen atoms in total. The van der Waals surface area contributed by atoms with Crippen molar-refractivity contribution in [1.82, 2.24) is 27.4 Å². The van der Waals surface area contributed by atoms with E-state index in [9.17, 15) is 0 Å². The van der Waals surface area contributed by atoms with Crippen molar-refractivity contribution >= 4 is 152 Å². The SMILES string of the molecule is Cc1ccc2c(c1)c1ccccc1n2-c1cccc2ccccc12.Cc1ccc2c(c1)c1ccccc1n2-c1ccccc1.Cc1ccc2c3ccccc3n(-c3cccc4ccccc34)c2c1.Cc1ccc2c3ccccc3n(-c3ccccc3)c2c1.Cc1cccc2c1c1ccccc1n2-c1ccccc1.Cc1cccc2c3ccccc3n(-c3ccccc3)c12. The average molecular weight is 1640 g/mol. The number of rotatable bonds is 6. The fraction of sp³-hybridized carbons (Fsp3) is 0.0492. The van der Waals surface area contributed by atoms with Crippen molar-refractivity contribution in [2.24, 2.45) is 0 Å². The molecule has 0 fully saturated rings. The summed E-state index contributed by atoms with van der Waals surface area (Å²) in [5, 5.41) is 20.9. The third-order valence-electron chi connectivity index (χ3n) is 25.2. The summed E-state index contributed by atoms with van der Waals surface area (Å²) in [6.45, 7) is 13.0. The van der Waals surface area contributed by atoms with Crippen molar-refractivity contribution in [3.8, 4) is 34.1 Å². The third kappa shape index (κ3) is 14.4. The van der Waals surface area contributed by atoms with Gasteiger partial charge in [0.2, 0.25) is 0 Å². The van der Waals surface area contributed by atoms with Crippen molar-refractivity contribution in [2.75, 3.05) is 0 Å². The molecule has 0 aliphatic heterocycles. The number of aryl methyl sites for hydroxylation is 6. The van der Waals surface area contributed by atoms with E-state index >= 15 is 0 Å². The molecular weight excluding hydrogens is 1550 g/mol. The summed E-state index contributed by atoms with van der Waals surface area (Å²) < 4.78 is 14.2. The summed E-state index contributed by atoms with van der Waals surface area (Å²) >= 11 is 0. The molecule has 0 saturated carbocycles. The number of hydrogen-bond donors (Lipinski definition) is 0. The van der Waals surface area contributed by atoms with Gasteiger partial charge >= 0.3 is 0 Å². The Morgan fingerprint density at radius 1 is 0.141 bits per heavy atom. The second-order valence-corrected chi connectivity index (χ2v) is 33.5. The molecule has 0 spiro atoms. The summed E-state index contributed by atoms with van der Waals surface area (Å²) in [6.07, 6.45) is 0. The van der Waals surface area contributed by atoms with Gasteiger partial charge in [-0.2, -0.15) is 0 Å². The Morgan fingerprint density at radius 2 is 0.398 bits per heavy atom. The van der Waals surface area contributed by atoms with Crippen LogP contribution in [-0.4, -0.2) is 27.4 Å². The summed E-state index contributed by atoms with van der Waals surface area (Å²) in [5.74, 6) is 0. The molecule has 0 aliphatic carbocycles. The molecule has 128 heavy (non-hydrogen) atoms. The van der Waals surface area contributed by atoms with Crippen LogP contribution >= 0.6 is 0 Å². The third-order valence-corrected chi connectivity index (χ3v) is 25.2.